The summed E-state index contributed by atoms with van der Waals surface area (Å²) in [5.41, 5.74) is 5.67. The SMILES string of the molecule is CCc1ccc(-c2nc(CC(=O)NCCc3cscn3)c(C)o2)cc1. The number of amides is 1. The first-order valence-corrected chi connectivity index (χ1v) is 9.29. The lowest BCUT2D eigenvalue weighted by Crippen LogP contribution is -2.27. The van der Waals surface area contributed by atoms with Crippen LogP contribution in [0.3, 0.4) is 0 Å². The number of thiazole rings is 1. The normalized spacial score (nSPS) is 10.8. The van der Waals surface area contributed by atoms with E-state index in [4.69, 9.17) is 4.42 Å². The topological polar surface area (TPSA) is 68.0 Å². The predicted octanol–water partition coefficient (Wildman–Crippen LogP) is 3.57. The molecule has 5 nitrogen and oxygen atoms in total. The molecule has 0 saturated carbocycles. The highest BCUT2D eigenvalue weighted by Crippen LogP contribution is 2.22. The Bertz CT molecular complexity index is 823. The Morgan fingerprint density at radius 2 is 2.08 bits per heavy atom. The average molecular weight is 355 g/mol. The smallest absolute Gasteiger partial charge is 0.226 e. The number of aryl methyl sites for hydroxylation is 2. The van der Waals surface area contributed by atoms with Crippen LogP contribution in [0, 0.1) is 6.92 Å². The molecule has 0 bridgehead atoms. The van der Waals surface area contributed by atoms with E-state index in [0.717, 1.165) is 24.1 Å². The zero-order valence-electron chi connectivity index (χ0n) is 14.4. The first-order chi connectivity index (χ1) is 12.2. The number of nitrogens with zero attached hydrogens (tertiary/aromatic N) is 2. The standard InChI is InChI=1S/C19H21N3O2S/c1-3-14-4-6-15(7-5-14)19-22-17(13(2)24-19)10-18(23)20-9-8-16-11-25-12-21-16/h4-7,11-12H,3,8-10H2,1-2H3,(H,20,23). The molecule has 3 aromatic rings. The van der Waals surface area contributed by atoms with Gasteiger partial charge < -0.3 is 9.73 Å². The minimum atomic E-state index is -0.0560. The predicted molar refractivity (Wildman–Crippen MR) is 98.6 cm³/mol. The monoisotopic (exact) mass is 355 g/mol. The highest BCUT2D eigenvalue weighted by molar-refractivity contribution is 7.07. The number of nitrogens with one attached hydrogen (secondary N) is 1. The van der Waals surface area contributed by atoms with E-state index in [1.165, 1.54) is 5.56 Å². The van der Waals surface area contributed by atoms with Gasteiger partial charge in [0.15, 0.2) is 0 Å². The van der Waals surface area contributed by atoms with Gasteiger partial charge in [0.1, 0.15) is 5.76 Å². The van der Waals surface area contributed by atoms with Crippen molar-refractivity contribution in [1.82, 2.24) is 15.3 Å². The summed E-state index contributed by atoms with van der Waals surface area (Å²) < 4.78 is 5.74. The molecule has 1 amide bonds. The molecular formula is C19H21N3O2S. The molecule has 0 aliphatic carbocycles. The highest BCUT2D eigenvalue weighted by Gasteiger charge is 2.14. The number of benzene rings is 1. The van der Waals surface area contributed by atoms with Crippen LogP contribution in [-0.4, -0.2) is 22.4 Å². The second kappa shape index (κ2) is 8.07. The molecule has 0 fully saturated rings. The van der Waals surface area contributed by atoms with Gasteiger partial charge >= 0.3 is 0 Å². The molecule has 2 heterocycles. The maximum atomic E-state index is 12.1. The minimum absolute atomic E-state index is 0.0560. The molecule has 0 unspecified atom stereocenters. The number of rotatable bonds is 7. The van der Waals surface area contributed by atoms with Crippen molar-refractivity contribution < 1.29 is 9.21 Å². The summed E-state index contributed by atoms with van der Waals surface area (Å²) in [7, 11) is 0. The summed E-state index contributed by atoms with van der Waals surface area (Å²) in [6.07, 6.45) is 1.96. The van der Waals surface area contributed by atoms with Crippen molar-refractivity contribution in [1.29, 1.82) is 0 Å². The van der Waals surface area contributed by atoms with Gasteiger partial charge in [0, 0.05) is 23.9 Å². The fraction of sp³-hybridized carbons (Fsp3) is 0.316. The van der Waals surface area contributed by atoms with Crippen LogP contribution in [-0.2, 0) is 24.1 Å². The third kappa shape index (κ3) is 4.54. The van der Waals surface area contributed by atoms with Gasteiger partial charge in [0.05, 0.1) is 23.3 Å². The third-order valence-electron chi connectivity index (χ3n) is 4.02. The molecule has 0 aliphatic rings. The van der Waals surface area contributed by atoms with Gasteiger partial charge in [-0.25, -0.2) is 9.97 Å². The zero-order valence-corrected chi connectivity index (χ0v) is 15.2. The number of aromatic nitrogens is 2. The van der Waals surface area contributed by atoms with Crippen LogP contribution in [0.2, 0.25) is 0 Å². The molecule has 0 spiro atoms. The highest BCUT2D eigenvalue weighted by atomic mass is 32.1. The Morgan fingerprint density at radius 1 is 1.28 bits per heavy atom. The van der Waals surface area contributed by atoms with Gasteiger partial charge in [0.25, 0.3) is 0 Å². The molecule has 2 aromatic heterocycles. The van der Waals surface area contributed by atoms with Crippen LogP contribution in [0.15, 0.2) is 39.6 Å². The lowest BCUT2D eigenvalue weighted by molar-refractivity contribution is -0.120. The van der Waals surface area contributed by atoms with Crippen LogP contribution in [0.5, 0.6) is 0 Å². The second-order valence-corrected chi connectivity index (χ2v) is 6.55. The molecule has 130 valence electrons. The molecule has 1 N–H and O–H groups in total. The van der Waals surface area contributed by atoms with Crippen molar-refractivity contribution in [3.05, 3.63) is 57.9 Å². The minimum Gasteiger partial charge on any atom is -0.441 e. The van der Waals surface area contributed by atoms with Crippen molar-refractivity contribution in [3.8, 4) is 11.5 Å². The molecule has 6 heteroatoms. The molecule has 25 heavy (non-hydrogen) atoms. The zero-order chi connectivity index (χ0) is 17.6. The van der Waals surface area contributed by atoms with Gasteiger partial charge in [-0.3, -0.25) is 4.79 Å². The Hall–Kier alpha value is -2.47. The van der Waals surface area contributed by atoms with Crippen LogP contribution in [0.1, 0.15) is 29.6 Å². The molecule has 0 aliphatic heterocycles. The third-order valence-corrected chi connectivity index (χ3v) is 4.65. The van der Waals surface area contributed by atoms with E-state index in [-0.39, 0.29) is 12.3 Å². The maximum Gasteiger partial charge on any atom is 0.226 e. The van der Waals surface area contributed by atoms with Crippen LogP contribution in [0.4, 0.5) is 0 Å². The number of hydrogen-bond donors (Lipinski definition) is 1. The lowest BCUT2D eigenvalue weighted by Gasteiger charge is -2.02. The van der Waals surface area contributed by atoms with Gasteiger partial charge in [-0.1, -0.05) is 19.1 Å². The van der Waals surface area contributed by atoms with E-state index in [9.17, 15) is 4.79 Å². The molecule has 1 aromatic carbocycles. The summed E-state index contributed by atoms with van der Waals surface area (Å²) in [6, 6.07) is 8.14. The summed E-state index contributed by atoms with van der Waals surface area (Å²) in [6.45, 7) is 4.54. The Kier molecular flexibility index (Phi) is 5.60. The van der Waals surface area contributed by atoms with E-state index in [1.54, 1.807) is 16.8 Å². The van der Waals surface area contributed by atoms with Gasteiger partial charge in [-0.15, -0.1) is 11.3 Å². The van der Waals surface area contributed by atoms with E-state index >= 15 is 0 Å². The summed E-state index contributed by atoms with van der Waals surface area (Å²) in [5.74, 6) is 1.19. The van der Waals surface area contributed by atoms with Crippen LogP contribution >= 0.6 is 11.3 Å². The van der Waals surface area contributed by atoms with Crippen molar-refractivity contribution in [2.24, 2.45) is 0 Å². The Labute approximate surface area is 151 Å². The van der Waals surface area contributed by atoms with Crippen molar-refractivity contribution in [3.63, 3.8) is 0 Å². The Balaban J connectivity index is 1.58. The van der Waals surface area contributed by atoms with Crippen molar-refractivity contribution in [2.45, 2.75) is 33.1 Å². The van der Waals surface area contributed by atoms with E-state index in [1.807, 2.05) is 24.4 Å². The lowest BCUT2D eigenvalue weighted by atomic mass is 10.1. The van der Waals surface area contributed by atoms with Gasteiger partial charge in [0.2, 0.25) is 11.8 Å². The molecule has 0 atom stereocenters. The summed E-state index contributed by atoms with van der Waals surface area (Å²) >= 11 is 1.56. The number of oxazole rings is 1. The van der Waals surface area contributed by atoms with Crippen molar-refractivity contribution in [2.75, 3.05) is 6.54 Å². The largest absolute Gasteiger partial charge is 0.441 e. The van der Waals surface area contributed by atoms with Gasteiger partial charge in [-0.05, 0) is 31.0 Å². The number of hydrogen-bond acceptors (Lipinski definition) is 5. The number of carbonyl (C=O) groups excluding carboxylic acids is 1. The van der Waals surface area contributed by atoms with Gasteiger partial charge in [-0.2, -0.15) is 0 Å². The quantitative estimate of drug-likeness (QED) is 0.703. The fourth-order valence-electron chi connectivity index (χ4n) is 2.50. The first kappa shape index (κ1) is 17.4. The molecule has 3 rings (SSSR count). The van der Waals surface area contributed by atoms with Crippen LogP contribution in [0.25, 0.3) is 11.5 Å². The molecular weight excluding hydrogens is 334 g/mol. The average Bonchev–Trinajstić information content (AvgIpc) is 3.25. The summed E-state index contributed by atoms with van der Waals surface area (Å²) in [4.78, 5) is 20.8. The van der Waals surface area contributed by atoms with E-state index in [0.29, 0.717) is 23.9 Å². The Morgan fingerprint density at radius 3 is 2.76 bits per heavy atom. The maximum absolute atomic E-state index is 12.1. The second-order valence-electron chi connectivity index (χ2n) is 5.83. The first-order valence-electron chi connectivity index (χ1n) is 8.35. The van der Waals surface area contributed by atoms with E-state index < -0.39 is 0 Å². The molecule has 0 radical (unpaired) electrons. The number of carbonyl (C=O) groups is 1. The van der Waals surface area contributed by atoms with E-state index in [2.05, 4.69) is 34.3 Å². The summed E-state index contributed by atoms with van der Waals surface area (Å²) in [5, 5.41) is 4.89. The van der Waals surface area contributed by atoms with Crippen LogP contribution < -0.4 is 5.32 Å². The molecule has 0 saturated heterocycles. The van der Waals surface area contributed by atoms with Crippen molar-refractivity contribution >= 4 is 17.2 Å². The fourth-order valence-corrected chi connectivity index (χ4v) is 3.10.